The molecule has 30 heavy (non-hydrogen) atoms. The van der Waals surface area contributed by atoms with Gasteiger partial charge in [-0.25, -0.2) is 0 Å². The zero-order valence-corrected chi connectivity index (χ0v) is 17.1. The molecule has 0 radical (unpaired) electrons. The Hall–Kier alpha value is -3.48. The molecule has 0 aliphatic heterocycles. The summed E-state index contributed by atoms with van der Waals surface area (Å²) in [6.45, 7) is 3.49. The standard InChI is InChI=1S/C23H26N2O5/c1-16-8-10-19(11-9-16)25-23(29)17(2)30-22(28)14-15-24-21(27)13-12-20(26)18-6-4-3-5-7-18/h3-11,17H,12-15H2,1-2H3,(H,24,27)(H,25,29)/t17-/m0/s1. The third-order valence-electron chi connectivity index (χ3n) is 4.32. The Balaban J connectivity index is 1.63. The van der Waals surface area contributed by atoms with Gasteiger partial charge in [0.15, 0.2) is 11.9 Å². The average molecular weight is 410 g/mol. The number of anilines is 1. The number of hydrogen-bond donors (Lipinski definition) is 2. The lowest BCUT2D eigenvalue weighted by Gasteiger charge is -2.14. The van der Waals surface area contributed by atoms with Crippen LogP contribution in [-0.4, -0.2) is 36.2 Å². The molecule has 0 unspecified atom stereocenters. The molecule has 0 saturated carbocycles. The summed E-state index contributed by atoms with van der Waals surface area (Å²) in [6, 6.07) is 16.0. The highest BCUT2D eigenvalue weighted by molar-refractivity contribution is 5.98. The molecular weight excluding hydrogens is 384 g/mol. The van der Waals surface area contributed by atoms with Crippen LogP contribution in [0, 0.1) is 6.92 Å². The second kappa shape index (κ2) is 11.5. The fourth-order valence-electron chi connectivity index (χ4n) is 2.58. The zero-order chi connectivity index (χ0) is 21.9. The largest absolute Gasteiger partial charge is 0.452 e. The molecule has 0 heterocycles. The van der Waals surface area contributed by atoms with Crippen molar-refractivity contribution in [1.29, 1.82) is 0 Å². The lowest BCUT2D eigenvalue weighted by atomic mass is 10.1. The Morgan fingerprint density at radius 2 is 1.57 bits per heavy atom. The van der Waals surface area contributed by atoms with Crippen molar-refractivity contribution in [1.82, 2.24) is 5.32 Å². The molecule has 2 aromatic rings. The van der Waals surface area contributed by atoms with Crippen molar-refractivity contribution in [2.45, 2.75) is 39.2 Å². The molecular formula is C23H26N2O5. The Labute approximate surface area is 175 Å². The van der Waals surface area contributed by atoms with Gasteiger partial charge in [-0.3, -0.25) is 19.2 Å². The van der Waals surface area contributed by atoms with Crippen molar-refractivity contribution in [3.05, 3.63) is 65.7 Å². The first-order valence-electron chi connectivity index (χ1n) is 9.77. The maximum Gasteiger partial charge on any atom is 0.308 e. The van der Waals surface area contributed by atoms with E-state index in [2.05, 4.69) is 10.6 Å². The van der Waals surface area contributed by atoms with Gasteiger partial charge in [-0.15, -0.1) is 0 Å². The van der Waals surface area contributed by atoms with Crippen molar-refractivity contribution in [3.8, 4) is 0 Å². The van der Waals surface area contributed by atoms with Gasteiger partial charge in [0.2, 0.25) is 5.91 Å². The van der Waals surface area contributed by atoms with Crippen molar-refractivity contribution in [3.63, 3.8) is 0 Å². The van der Waals surface area contributed by atoms with Gasteiger partial charge in [-0.1, -0.05) is 48.0 Å². The lowest BCUT2D eigenvalue weighted by molar-refractivity contribution is -0.153. The summed E-state index contributed by atoms with van der Waals surface area (Å²) in [6.07, 6.45) is -0.896. The fourth-order valence-corrected chi connectivity index (χ4v) is 2.58. The maximum absolute atomic E-state index is 12.1. The molecule has 158 valence electrons. The van der Waals surface area contributed by atoms with Crippen molar-refractivity contribution in [2.24, 2.45) is 0 Å². The fraction of sp³-hybridized carbons (Fsp3) is 0.304. The first-order valence-corrected chi connectivity index (χ1v) is 9.77. The highest BCUT2D eigenvalue weighted by atomic mass is 16.5. The first-order chi connectivity index (χ1) is 14.3. The minimum atomic E-state index is -0.960. The van der Waals surface area contributed by atoms with Gasteiger partial charge in [0.05, 0.1) is 6.42 Å². The molecule has 7 heteroatoms. The van der Waals surface area contributed by atoms with E-state index in [1.807, 2.05) is 25.1 Å². The normalized spacial score (nSPS) is 11.3. The van der Waals surface area contributed by atoms with E-state index in [-0.39, 0.29) is 37.5 Å². The number of ketones is 1. The van der Waals surface area contributed by atoms with Crippen molar-refractivity contribution >= 4 is 29.3 Å². The van der Waals surface area contributed by atoms with E-state index in [1.54, 1.807) is 36.4 Å². The molecule has 2 aromatic carbocycles. The highest BCUT2D eigenvalue weighted by Gasteiger charge is 2.18. The van der Waals surface area contributed by atoms with Crippen LogP contribution in [0.25, 0.3) is 0 Å². The number of ether oxygens (including phenoxy) is 1. The number of Topliss-reactive ketones (excluding diaryl/α,β-unsaturated/α-hetero) is 1. The quantitative estimate of drug-likeness (QED) is 0.463. The summed E-state index contributed by atoms with van der Waals surface area (Å²) in [5, 5.41) is 5.25. The lowest BCUT2D eigenvalue weighted by Crippen LogP contribution is -2.32. The number of carbonyl (C=O) groups is 4. The molecule has 0 bridgehead atoms. The summed E-state index contributed by atoms with van der Waals surface area (Å²) in [4.78, 5) is 47.8. The summed E-state index contributed by atoms with van der Waals surface area (Å²) in [5.41, 5.74) is 2.25. The predicted molar refractivity (Wildman–Crippen MR) is 113 cm³/mol. The van der Waals surface area contributed by atoms with Gasteiger partial charge in [0.25, 0.3) is 5.91 Å². The van der Waals surface area contributed by atoms with Crippen LogP contribution in [0.5, 0.6) is 0 Å². The average Bonchev–Trinajstić information content (AvgIpc) is 2.74. The van der Waals surface area contributed by atoms with E-state index in [0.29, 0.717) is 11.3 Å². The number of hydrogen-bond acceptors (Lipinski definition) is 5. The van der Waals surface area contributed by atoms with E-state index in [9.17, 15) is 19.2 Å². The van der Waals surface area contributed by atoms with E-state index in [0.717, 1.165) is 5.56 Å². The third kappa shape index (κ3) is 7.87. The predicted octanol–water partition coefficient (Wildman–Crippen LogP) is 3.03. The first kappa shape index (κ1) is 22.8. The molecule has 0 aliphatic rings. The molecule has 0 saturated heterocycles. The maximum atomic E-state index is 12.1. The smallest absolute Gasteiger partial charge is 0.308 e. The summed E-state index contributed by atoms with van der Waals surface area (Å²) >= 11 is 0. The number of benzene rings is 2. The molecule has 0 aliphatic carbocycles. The number of nitrogens with one attached hydrogen (secondary N) is 2. The molecule has 0 fully saturated rings. The van der Waals surface area contributed by atoms with Gasteiger partial charge >= 0.3 is 5.97 Å². The Bertz CT molecular complexity index is 878. The van der Waals surface area contributed by atoms with Gasteiger partial charge in [0, 0.05) is 30.6 Å². The topological polar surface area (TPSA) is 102 Å². The minimum Gasteiger partial charge on any atom is -0.452 e. The van der Waals surface area contributed by atoms with Gasteiger partial charge < -0.3 is 15.4 Å². The number of rotatable bonds is 10. The summed E-state index contributed by atoms with van der Waals surface area (Å²) < 4.78 is 5.09. The van der Waals surface area contributed by atoms with Gasteiger partial charge in [-0.2, -0.15) is 0 Å². The van der Waals surface area contributed by atoms with E-state index in [1.165, 1.54) is 6.92 Å². The number of aryl methyl sites for hydroxylation is 1. The van der Waals surface area contributed by atoms with Crippen LogP contribution >= 0.6 is 0 Å². The van der Waals surface area contributed by atoms with Crippen molar-refractivity contribution in [2.75, 3.05) is 11.9 Å². The number of amides is 2. The molecule has 2 rings (SSSR count). The Morgan fingerprint density at radius 3 is 2.23 bits per heavy atom. The molecule has 1 atom stereocenters. The summed E-state index contributed by atoms with van der Waals surface area (Å²) in [5.74, 6) is -1.46. The molecule has 0 spiro atoms. The van der Waals surface area contributed by atoms with Crippen molar-refractivity contribution < 1.29 is 23.9 Å². The Kier molecular flexibility index (Phi) is 8.75. The van der Waals surface area contributed by atoms with E-state index in [4.69, 9.17) is 4.74 Å². The second-order valence-corrected chi connectivity index (χ2v) is 6.88. The van der Waals surface area contributed by atoms with Crippen LogP contribution in [0.2, 0.25) is 0 Å². The third-order valence-corrected chi connectivity index (χ3v) is 4.32. The van der Waals surface area contributed by atoms with Crippen LogP contribution in [-0.2, 0) is 19.1 Å². The Morgan fingerprint density at radius 1 is 0.900 bits per heavy atom. The summed E-state index contributed by atoms with van der Waals surface area (Å²) in [7, 11) is 0. The van der Waals surface area contributed by atoms with E-state index < -0.39 is 18.0 Å². The van der Waals surface area contributed by atoms with E-state index >= 15 is 0 Å². The van der Waals surface area contributed by atoms with Crippen LogP contribution in [0.1, 0.15) is 42.1 Å². The highest BCUT2D eigenvalue weighted by Crippen LogP contribution is 2.10. The SMILES string of the molecule is Cc1ccc(NC(=O)[C@H](C)OC(=O)CCNC(=O)CCC(=O)c2ccccc2)cc1. The molecule has 2 amide bonds. The van der Waals surface area contributed by atoms with Gasteiger partial charge in [0.1, 0.15) is 0 Å². The molecule has 2 N–H and O–H groups in total. The van der Waals surface area contributed by atoms with Crippen LogP contribution in [0.3, 0.4) is 0 Å². The van der Waals surface area contributed by atoms with Gasteiger partial charge in [-0.05, 0) is 26.0 Å². The minimum absolute atomic E-state index is 0.0398. The zero-order valence-electron chi connectivity index (χ0n) is 17.1. The monoisotopic (exact) mass is 410 g/mol. The van der Waals surface area contributed by atoms with Crippen LogP contribution in [0.15, 0.2) is 54.6 Å². The van der Waals surface area contributed by atoms with Crippen LogP contribution in [0.4, 0.5) is 5.69 Å². The second-order valence-electron chi connectivity index (χ2n) is 6.88. The molecule has 7 nitrogen and oxygen atoms in total. The molecule has 0 aromatic heterocycles. The number of carbonyl (C=O) groups excluding carboxylic acids is 4. The number of esters is 1. The van der Waals surface area contributed by atoms with Crippen LogP contribution < -0.4 is 10.6 Å².